The summed E-state index contributed by atoms with van der Waals surface area (Å²) < 4.78 is 0. The Kier molecular flexibility index (Phi) is 3.52. The fourth-order valence-corrected chi connectivity index (χ4v) is 1.80. The third-order valence-corrected chi connectivity index (χ3v) is 2.71. The number of carbonyl (C=O) groups excluding carboxylic acids is 1. The van der Waals surface area contributed by atoms with Crippen molar-refractivity contribution in [3.8, 4) is 6.07 Å². The molecule has 0 saturated heterocycles. The first-order valence-corrected chi connectivity index (χ1v) is 5.50. The average Bonchev–Trinajstić information content (AvgIpc) is 2.46. The lowest BCUT2D eigenvalue weighted by atomic mass is 9.95. The van der Waals surface area contributed by atoms with Gasteiger partial charge in [-0.05, 0) is 11.6 Å². The summed E-state index contributed by atoms with van der Waals surface area (Å²) in [7, 11) is 0. The minimum atomic E-state index is -0.251. The van der Waals surface area contributed by atoms with Gasteiger partial charge in [-0.25, -0.2) is 0 Å². The predicted octanol–water partition coefficient (Wildman–Crippen LogP) is 2.28. The van der Waals surface area contributed by atoms with Crippen LogP contribution in [0.3, 0.4) is 0 Å². The lowest BCUT2D eigenvalue weighted by Gasteiger charge is -2.06. The Labute approximate surface area is 105 Å². The average molecular weight is 237 g/mol. The van der Waals surface area contributed by atoms with Crippen molar-refractivity contribution in [1.82, 2.24) is 0 Å². The number of hydrogen-bond donors (Lipinski definition) is 1. The van der Waals surface area contributed by atoms with Gasteiger partial charge in [0.25, 0.3) is 0 Å². The molecule has 0 aliphatic rings. The molecular weight excluding hydrogens is 226 g/mol. The zero-order valence-corrected chi connectivity index (χ0v) is 9.63. The highest BCUT2D eigenvalue weighted by molar-refractivity contribution is 6.10. The Morgan fingerprint density at radius 2 is 1.83 bits per heavy atom. The van der Waals surface area contributed by atoms with Crippen LogP contribution in [0.5, 0.6) is 0 Å². The van der Waals surface area contributed by atoms with Crippen molar-refractivity contribution in [2.75, 3.05) is 0 Å². The van der Waals surface area contributed by atoms with Gasteiger partial charge in [-0.3, -0.25) is 4.79 Å². The maximum Gasteiger partial charge on any atom is 0.194 e. The van der Waals surface area contributed by atoms with E-state index in [-0.39, 0.29) is 18.0 Å². The Balaban J connectivity index is 2.53. The molecule has 18 heavy (non-hydrogen) atoms. The summed E-state index contributed by atoms with van der Waals surface area (Å²) in [6, 6.07) is 15.7. The van der Waals surface area contributed by atoms with Gasteiger partial charge in [0.15, 0.2) is 5.78 Å². The summed E-state index contributed by atoms with van der Waals surface area (Å²) >= 11 is 0. The summed E-state index contributed by atoms with van der Waals surface area (Å²) in [5.41, 5.74) is 1.58. The highest BCUT2D eigenvalue weighted by atomic mass is 16.3. The molecule has 0 saturated carbocycles. The van der Waals surface area contributed by atoms with Gasteiger partial charge in [-0.1, -0.05) is 42.5 Å². The van der Waals surface area contributed by atoms with Crippen LogP contribution in [0, 0.1) is 11.3 Å². The van der Waals surface area contributed by atoms with Gasteiger partial charge < -0.3 is 5.11 Å². The van der Waals surface area contributed by atoms with Gasteiger partial charge in [0, 0.05) is 11.1 Å². The molecule has 0 bridgehead atoms. The molecule has 0 spiro atoms. The van der Waals surface area contributed by atoms with Gasteiger partial charge >= 0.3 is 0 Å². The van der Waals surface area contributed by atoms with E-state index in [4.69, 9.17) is 10.4 Å². The number of aliphatic hydroxyl groups excluding tert-OH is 1. The molecule has 0 radical (unpaired) electrons. The van der Waals surface area contributed by atoms with Gasteiger partial charge in [0.1, 0.15) is 6.07 Å². The van der Waals surface area contributed by atoms with E-state index in [1.807, 2.05) is 12.1 Å². The Morgan fingerprint density at radius 1 is 1.11 bits per heavy atom. The molecule has 88 valence electrons. The van der Waals surface area contributed by atoms with Crippen molar-refractivity contribution in [2.45, 2.75) is 6.61 Å². The highest BCUT2D eigenvalue weighted by Crippen LogP contribution is 2.18. The van der Waals surface area contributed by atoms with Crippen molar-refractivity contribution in [2.24, 2.45) is 0 Å². The molecule has 0 aliphatic heterocycles. The lowest BCUT2D eigenvalue weighted by molar-refractivity contribution is 0.103. The second kappa shape index (κ2) is 5.26. The Hall–Kier alpha value is -2.44. The number of rotatable bonds is 3. The predicted molar refractivity (Wildman–Crippen MR) is 67.0 cm³/mol. The first kappa shape index (κ1) is 12.0. The van der Waals surface area contributed by atoms with E-state index < -0.39 is 0 Å². The summed E-state index contributed by atoms with van der Waals surface area (Å²) in [6.07, 6.45) is 0. The number of hydrogen-bond acceptors (Lipinski definition) is 3. The molecule has 3 heteroatoms. The quantitative estimate of drug-likeness (QED) is 0.833. The van der Waals surface area contributed by atoms with Gasteiger partial charge in [-0.15, -0.1) is 0 Å². The van der Waals surface area contributed by atoms with E-state index in [1.54, 1.807) is 42.5 Å². The van der Waals surface area contributed by atoms with E-state index >= 15 is 0 Å². The number of benzene rings is 2. The molecule has 0 aliphatic carbocycles. The van der Waals surface area contributed by atoms with Gasteiger partial charge in [-0.2, -0.15) is 5.26 Å². The van der Waals surface area contributed by atoms with Crippen LogP contribution in [-0.4, -0.2) is 10.9 Å². The maximum absolute atomic E-state index is 12.3. The van der Waals surface area contributed by atoms with Crippen molar-refractivity contribution >= 4 is 5.78 Å². The monoisotopic (exact) mass is 237 g/mol. The van der Waals surface area contributed by atoms with Crippen LogP contribution < -0.4 is 0 Å². The number of aliphatic hydroxyl groups is 1. The SMILES string of the molecule is N#Cc1c(CO)cccc1C(=O)c1ccccc1. The van der Waals surface area contributed by atoms with Crippen LogP contribution >= 0.6 is 0 Å². The standard InChI is InChI=1S/C15H11NO2/c16-9-14-12(10-17)7-4-8-13(14)15(18)11-5-2-1-3-6-11/h1-8,17H,10H2. The van der Waals surface area contributed by atoms with Crippen molar-refractivity contribution in [1.29, 1.82) is 5.26 Å². The largest absolute Gasteiger partial charge is 0.392 e. The van der Waals surface area contributed by atoms with Crippen LogP contribution in [0.2, 0.25) is 0 Å². The molecule has 2 aromatic carbocycles. The zero-order valence-electron chi connectivity index (χ0n) is 9.63. The van der Waals surface area contributed by atoms with Gasteiger partial charge in [0.05, 0.1) is 12.2 Å². The molecule has 0 atom stereocenters. The van der Waals surface area contributed by atoms with E-state index in [9.17, 15) is 4.79 Å². The van der Waals surface area contributed by atoms with E-state index in [2.05, 4.69) is 0 Å². The summed E-state index contributed by atoms with van der Waals surface area (Å²) in [5, 5.41) is 18.3. The van der Waals surface area contributed by atoms with Crippen LogP contribution in [-0.2, 0) is 6.61 Å². The first-order chi connectivity index (χ1) is 8.77. The van der Waals surface area contributed by atoms with Crippen LogP contribution in [0.25, 0.3) is 0 Å². The Bertz CT molecular complexity index is 612. The minimum absolute atomic E-state index is 0.206. The van der Waals surface area contributed by atoms with Crippen molar-refractivity contribution in [3.05, 3.63) is 70.8 Å². The van der Waals surface area contributed by atoms with Gasteiger partial charge in [0.2, 0.25) is 0 Å². The lowest BCUT2D eigenvalue weighted by Crippen LogP contribution is -2.06. The first-order valence-electron chi connectivity index (χ1n) is 5.50. The van der Waals surface area contributed by atoms with E-state index in [0.29, 0.717) is 16.7 Å². The molecule has 0 fully saturated rings. The molecule has 0 heterocycles. The summed E-state index contributed by atoms with van der Waals surface area (Å²) in [6.45, 7) is -0.251. The molecule has 2 rings (SSSR count). The van der Waals surface area contributed by atoms with E-state index in [0.717, 1.165) is 0 Å². The van der Waals surface area contributed by atoms with Crippen molar-refractivity contribution in [3.63, 3.8) is 0 Å². The summed E-state index contributed by atoms with van der Waals surface area (Å²) in [4.78, 5) is 12.3. The fourth-order valence-electron chi connectivity index (χ4n) is 1.80. The van der Waals surface area contributed by atoms with Crippen molar-refractivity contribution < 1.29 is 9.90 Å². The molecule has 2 aromatic rings. The number of ketones is 1. The fraction of sp³-hybridized carbons (Fsp3) is 0.0667. The second-order valence-corrected chi connectivity index (χ2v) is 3.80. The third kappa shape index (κ3) is 2.15. The highest BCUT2D eigenvalue weighted by Gasteiger charge is 2.15. The number of carbonyl (C=O) groups is 1. The van der Waals surface area contributed by atoms with E-state index in [1.165, 1.54) is 0 Å². The molecular formula is C15H11NO2. The van der Waals surface area contributed by atoms with Crippen LogP contribution in [0.15, 0.2) is 48.5 Å². The zero-order chi connectivity index (χ0) is 13.0. The second-order valence-electron chi connectivity index (χ2n) is 3.80. The molecule has 0 amide bonds. The molecule has 0 aromatic heterocycles. The number of nitrogens with zero attached hydrogens (tertiary/aromatic N) is 1. The summed E-state index contributed by atoms with van der Waals surface area (Å²) in [5.74, 6) is -0.206. The topological polar surface area (TPSA) is 61.1 Å². The molecule has 3 nitrogen and oxygen atoms in total. The maximum atomic E-state index is 12.3. The molecule has 1 N–H and O–H groups in total. The van der Waals surface area contributed by atoms with Crippen LogP contribution in [0.1, 0.15) is 27.0 Å². The molecule has 0 unspecified atom stereocenters. The normalized spacial score (nSPS) is 9.78. The third-order valence-electron chi connectivity index (χ3n) is 2.71. The Morgan fingerprint density at radius 3 is 2.44 bits per heavy atom. The number of nitriles is 1. The minimum Gasteiger partial charge on any atom is -0.392 e. The van der Waals surface area contributed by atoms with Crippen LogP contribution in [0.4, 0.5) is 0 Å². The smallest absolute Gasteiger partial charge is 0.194 e.